The van der Waals surface area contributed by atoms with Crippen LogP contribution in [0.15, 0.2) is 85.1 Å². The number of aromatic nitrogens is 2. The second-order valence-corrected chi connectivity index (χ2v) is 9.49. The molecule has 1 aliphatic heterocycles. The maximum absolute atomic E-state index is 14.1. The van der Waals surface area contributed by atoms with Crippen molar-refractivity contribution in [3.05, 3.63) is 114 Å². The minimum absolute atomic E-state index is 0.0300. The molecule has 0 aliphatic carbocycles. The van der Waals surface area contributed by atoms with Gasteiger partial charge in [-0.25, -0.2) is 4.39 Å². The molecular weight excluding hydrogens is 469 g/mol. The molecular formula is C29H30FN5S. The van der Waals surface area contributed by atoms with Gasteiger partial charge in [0.1, 0.15) is 5.82 Å². The first-order chi connectivity index (χ1) is 17.5. The summed E-state index contributed by atoms with van der Waals surface area (Å²) in [6.07, 6.45) is 2.74. The van der Waals surface area contributed by atoms with Gasteiger partial charge in [0.25, 0.3) is 0 Å². The van der Waals surface area contributed by atoms with Gasteiger partial charge in [-0.3, -0.25) is 4.98 Å². The van der Waals surface area contributed by atoms with Crippen molar-refractivity contribution in [2.75, 3.05) is 18.4 Å². The Bertz CT molecular complexity index is 1340. The molecule has 36 heavy (non-hydrogen) atoms. The normalized spacial score (nSPS) is 17.3. The number of hydrogen-bond acceptors (Lipinski definition) is 3. The summed E-state index contributed by atoms with van der Waals surface area (Å²) in [5.41, 5.74) is 6.17. The summed E-state index contributed by atoms with van der Waals surface area (Å²) < 4.78 is 16.2. The van der Waals surface area contributed by atoms with Crippen molar-refractivity contribution in [1.29, 1.82) is 0 Å². The molecule has 0 bridgehead atoms. The van der Waals surface area contributed by atoms with Crippen LogP contribution >= 0.6 is 12.2 Å². The lowest BCUT2D eigenvalue weighted by molar-refractivity contribution is 0.315. The van der Waals surface area contributed by atoms with E-state index in [0.29, 0.717) is 0 Å². The lowest BCUT2D eigenvalue weighted by Crippen LogP contribution is -2.31. The Morgan fingerprint density at radius 2 is 1.81 bits per heavy atom. The van der Waals surface area contributed by atoms with Gasteiger partial charge in [-0.1, -0.05) is 30.3 Å². The summed E-state index contributed by atoms with van der Waals surface area (Å²) in [5.74, 6) is -0.246. The molecule has 2 N–H and O–H groups in total. The molecule has 184 valence electrons. The standard InChI is InChI=1S/C29H30FN5S/c1-20-18-25(21(2)35(20)24-13-8-10-22(30)19-24)28-27(26-14-6-7-15-32-26)33-29(36)34(28)17-9-16-31-23-11-4-3-5-12-23/h3-8,10-15,18-19,27-28,31H,9,16-17H2,1-2H3,(H,33,36)/t27-,28-/m1/s1. The maximum atomic E-state index is 14.1. The van der Waals surface area contributed by atoms with Crippen LogP contribution < -0.4 is 10.6 Å². The number of nitrogens with zero attached hydrogens (tertiary/aromatic N) is 3. The molecule has 5 rings (SSSR count). The molecule has 1 fully saturated rings. The predicted octanol–water partition coefficient (Wildman–Crippen LogP) is 6.10. The lowest BCUT2D eigenvalue weighted by atomic mass is 9.96. The van der Waals surface area contributed by atoms with E-state index in [1.807, 2.05) is 48.7 Å². The molecule has 0 saturated carbocycles. The molecule has 0 spiro atoms. The molecule has 2 aromatic heterocycles. The zero-order chi connectivity index (χ0) is 25.1. The molecule has 4 aromatic rings. The largest absolute Gasteiger partial charge is 0.385 e. The Balaban J connectivity index is 1.46. The predicted molar refractivity (Wildman–Crippen MR) is 147 cm³/mol. The minimum atomic E-state index is -0.246. The Morgan fingerprint density at radius 1 is 1.00 bits per heavy atom. The number of hydrogen-bond donors (Lipinski definition) is 2. The van der Waals surface area contributed by atoms with E-state index in [-0.39, 0.29) is 17.9 Å². The van der Waals surface area contributed by atoms with Crippen LogP contribution in [-0.2, 0) is 0 Å². The molecule has 1 saturated heterocycles. The first kappa shape index (κ1) is 24.0. The molecule has 0 amide bonds. The fourth-order valence-corrected chi connectivity index (χ4v) is 5.45. The van der Waals surface area contributed by atoms with Crippen molar-refractivity contribution in [2.45, 2.75) is 32.4 Å². The summed E-state index contributed by atoms with van der Waals surface area (Å²) in [6, 6.07) is 25.0. The summed E-state index contributed by atoms with van der Waals surface area (Å²) >= 11 is 5.84. The average Bonchev–Trinajstić information content (AvgIpc) is 3.37. The third-order valence-electron chi connectivity index (χ3n) is 6.73. The van der Waals surface area contributed by atoms with E-state index in [0.717, 1.165) is 58.6 Å². The molecule has 2 aromatic carbocycles. The lowest BCUT2D eigenvalue weighted by Gasteiger charge is -2.28. The second kappa shape index (κ2) is 10.5. The van der Waals surface area contributed by atoms with E-state index < -0.39 is 0 Å². The van der Waals surface area contributed by atoms with Crippen LogP contribution in [-0.4, -0.2) is 32.7 Å². The Hall–Kier alpha value is -3.71. The van der Waals surface area contributed by atoms with Gasteiger partial charge >= 0.3 is 0 Å². The number of para-hydroxylation sites is 1. The highest BCUT2D eigenvalue weighted by atomic mass is 32.1. The third-order valence-corrected chi connectivity index (χ3v) is 7.08. The Kier molecular flexibility index (Phi) is 7.00. The number of anilines is 1. The fourth-order valence-electron chi connectivity index (χ4n) is 5.12. The van der Waals surface area contributed by atoms with Crippen molar-refractivity contribution < 1.29 is 4.39 Å². The van der Waals surface area contributed by atoms with Gasteiger partial charge in [0.15, 0.2) is 5.11 Å². The summed E-state index contributed by atoms with van der Waals surface area (Å²) in [6.45, 7) is 5.79. The van der Waals surface area contributed by atoms with E-state index >= 15 is 0 Å². The van der Waals surface area contributed by atoms with Crippen molar-refractivity contribution in [2.24, 2.45) is 0 Å². The van der Waals surface area contributed by atoms with Crippen molar-refractivity contribution in [3.63, 3.8) is 0 Å². The van der Waals surface area contributed by atoms with Gasteiger partial charge in [-0.2, -0.15) is 0 Å². The highest BCUT2D eigenvalue weighted by Gasteiger charge is 2.41. The molecule has 0 unspecified atom stereocenters. The number of benzene rings is 2. The zero-order valence-electron chi connectivity index (χ0n) is 20.5. The molecule has 2 atom stereocenters. The van der Waals surface area contributed by atoms with E-state index in [9.17, 15) is 4.39 Å². The van der Waals surface area contributed by atoms with E-state index in [2.05, 4.69) is 57.1 Å². The van der Waals surface area contributed by atoms with Gasteiger partial charge < -0.3 is 20.1 Å². The number of thiocarbonyl (C=S) groups is 1. The maximum Gasteiger partial charge on any atom is 0.170 e. The highest BCUT2D eigenvalue weighted by Crippen LogP contribution is 2.41. The summed E-state index contributed by atoms with van der Waals surface area (Å²) in [5, 5.41) is 7.76. The smallest absolute Gasteiger partial charge is 0.170 e. The Morgan fingerprint density at radius 3 is 2.56 bits per heavy atom. The summed E-state index contributed by atoms with van der Waals surface area (Å²) in [4.78, 5) is 6.93. The highest BCUT2D eigenvalue weighted by molar-refractivity contribution is 7.80. The van der Waals surface area contributed by atoms with Crippen LogP contribution in [0.1, 0.15) is 41.1 Å². The van der Waals surface area contributed by atoms with Crippen molar-refractivity contribution in [3.8, 4) is 5.69 Å². The molecule has 0 radical (unpaired) electrons. The molecule has 5 nitrogen and oxygen atoms in total. The van der Waals surface area contributed by atoms with Crippen LogP contribution in [0.3, 0.4) is 0 Å². The van der Waals surface area contributed by atoms with Gasteiger partial charge in [0, 0.05) is 42.0 Å². The van der Waals surface area contributed by atoms with E-state index in [1.165, 1.54) is 6.07 Å². The monoisotopic (exact) mass is 499 g/mol. The third kappa shape index (κ3) is 4.84. The van der Waals surface area contributed by atoms with E-state index in [4.69, 9.17) is 12.2 Å². The number of rotatable bonds is 8. The fraction of sp³-hybridized carbons (Fsp3) is 0.241. The number of aryl methyl sites for hydroxylation is 1. The van der Waals surface area contributed by atoms with E-state index in [1.54, 1.807) is 12.1 Å². The number of halogens is 1. The van der Waals surface area contributed by atoms with Gasteiger partial charge in [0.2, 0.25) is 0 Å². The minimum Gasteiger partial charge on any atom is -0.385 e. The topological polar surface area (TPSA) is 45.1 Å². The number of pyridine rings is 1. The summed E-state index contributed by atoms with van der Waals surface area (Å²) in [7, 11) is 0. The number of nitrogens with one attached hydrogen (secondary N) is 2. The second-order valence-electron chi connectivity index (χ2n) is 9.11. The molecule has 3 heterocycles. The van der Waals surface area contributed by atoms with Gasteiger partial charge in [-0.05, 0) is 86.6 Å². The van der Waals surface area contributed by atoms with Crippen LogP contribution in [0.25, 0.3) is 5.69 Å². The van der Waals surface area contributed by atoms with Gasteiger partial charge in [-0.15, -0.1) is 0 Å². The molecule has 7 heteroatoms. The first-order valence-electron chi connectivity index (χ1n) is 12.2. The van der Waals surface area contributed by atoms with Crippen LogP contribution in [0.4, 0.5) is 10.1 Å². The zero-order valence-corrected chi connectivity index (χ0v) is 21.3. The van der Waals surface area contributed by atoms with Crippen LogP contribution in [0.2, 0.25) is 0 Å². The van der Waals surface area contributed by atoms with Crippen LogP contribution in [0.5, 0.6) is 0 Å². The Labute approximate surface area is 217 Å². The quantitative estimate of drug-likeness (QED) is 0.226. The van der Waals surface area contributed by atoms with Crippen molar-refractivity contribution in [1.82, 2.24) is 19.8 Å². The first-order valence-corrected chi connectivity index (χ1v) is 12.7. The SMILES string of the molecule is Cc1cc([C@@H]2[C@@H](c3ccccn3)NC(=S)N2CCCNc2ccccc2)c(C)n1-c1cccc(F)c1. The average molecular weight is 500 g/mol. The van der Waals surface area contributed by atoms with Gasteiger partial charge in [0.05, 0.1) is 17.8 Å². The van der Waals surface area contributed by atoms with Crippen molar-refractivity contribution >= 4 is 23.0 Å². The van der Waals surface area contributed by atoms with Crippen LogP contribution in [0, 0.1) is 19.7 Å². The molecule has 1 aliphatic rings.